The lowest BCUT2D eigenvalue weighted by Crippen LogP contribution is -2.45. The van der Waals surface area contributed by atoms with Gasteiger partial charge < -0.3 is 15.5 Å². The molecule has 0 saturated heterocycles. The van der Waals surface area contributed by atoms with Crippen molar-refractivity contribution in [3.05, 3.63) is 24.3 Å². The highest BCUT2D eigenvalue weighted by Crippen LogP contribution is 2.21. The van der Waals surface area contributed by atoms with Gasteiger partial charge in [-0.1, -0.05) is 26.2 Å². The van der Waals surface area contributed by atoms with Gasteiger partial charge >= 0.3 is 0 Å². The number of nitrogens with zero attached hydrogens (tertiary/aromatic N) is 2. The van der Waals surface area contributed by atoms with E-state index in [1.807, 2.05) is 23.8 Å². The van der Waals surface area contributed by atoms with Crippen LogP contribution in [0.4, 0.5) is 11.4 Å². The van der Waals surface area contributed by atoms with Crippen LogP contribution >= 0.6 is 0 Å². The van der Waals surface area contributed by atoms with Crippen LogP contribution in [0.1, 0.15) is 46.0 Å². The normalized spacial score (nSPS) is 14.6. The molecule has 0 spiro atoms. The molecule has 0 aliphatic heterocycles. The first-order valence-corrected chi connectivity index (χ1v) is 10.0. The van der Waals surface area contributed by atoms with Crippen molar-refractivity contribution in [2.45, 2.75) is 52.0 Å². The van der Waals surface area contributed by atoms with Gasteiger partial charge in [0.15, 0.2) is 0 Å². The molecule has 7 nitrogen and oxygen atoms in total. The fourth-order valence-corrected chi connectivity index (χ4v) is 3.50. The van der Waals surface area contributed by atoms with E-state index in [2.05, 4.69) is 10.6 Å². The highest BCUT2D eigenvalue weighted by atomic mass is 16.2. The van der Waals surface area contributed by atoms with Gasteiger partial charge in [0.2, 0.25) is 17.7 Å². The third kappa shape index (κ3) is 6.96. The van der Waals surface area contributed by atoms with E-state index < -0.39 is 0 Å². The van der Waals surface area contributed by atoms with Crippen LogP contribution in [0.5, 0.6) is 0 Å². The summed E-state index contributed by atoms with van der Waals surface area (Å²) in [5.41, 5.74) is 1.33. The number of nitrogens with one attached hydrogen (secondary N) is 2. The van der Waals surface area contributed by atoms with Crippen LogP contribution < -0.4 is 10.6 Å². The molecule has 0 bridgehead atoms. The smallest absolute Gasteiger partial charge is 0.238 e. The van der Waals surface area contributed by atoms with Gasteiger partial charge in [-0.3, -0.25) is 19.3 Å². The number of rotatable bonds is 8. The molecule has 3 amide bonds. The maximum atomic E-state index is 12.6. The topological polar surface area (TPSA) is 81.8 Å². The second kappa shape index (κ2) is 10.8. The van der Waals surface area contributed by atoms with Gasteiger partial charge in [0.25, 0.3) is 0 Å². The van der Waals surface area contributed by atoms with Crippen LogP contribution in [0.25, 0.3) is 0 Å². The Bertz CT molecular complexity index is 669. The van der Waals surface area contributed by atoms with Crippen molar-refractivity contribution < 1.29 is 14.4 Å². The molecule has 0 radical (unpaired) electrons. The van der Waals surface area contributed by atoms with Crippen LogP contribution in [0.15, 0.2) is 24.3 Å². The van der Waals surface area contributed by atoms with Gasteiger partial charge in [-0.05, 0) is 43.7 Å². The van der Waals surface area contributed by atoms with Gasteiger partial charge in [0.1, 0.15) is 0 Å². The van der Waals surface area contributed by atoms with E-state index in [1.165, 1.54) is 26.2 Å². The molecule has 154 valence electrons. The minimum Gasteiger partial charge on any atom is -0.342 e. The molecule has 28 heavy (non-hydrogen) atoms. The number of benzene rings is 1. The molecule has 0 atom stereocenters. The van der Waals surface area contributed by atoms with Crippen molar-refractivity contribution in [2.75, 3.05) is 37.3 Å². The van der Waals surface area contributed by atoms with E-state index in [1.54, 1.807) is 24.3 Å². The number of hydrogen-bond acceptors (Lipinski definition) is 4. The van der Waals surface area contributed by atoms with Crippen LogP contribution in [0.2, 0.25) is 0 Å². The van der Waals surface area contributed by atoms with Crippen LogP contribution in [-0.4, -0.2) is 60.2 Å². The van der Waals surface area contributed by atoms with E-state index >= 15 is 0 Å². The first-order valence-electron chi connectivity index (χ1n) is 10.0. The Kier molecular flexibility index (Phi) is 8.44. The summed E-state index contributed by atoms with van der Waals surface area (Å²) in [5, 5.41) is 5.52. The number of anilines is 2. The summed E-state index contributed by atoms with van der Waals surface area (Å²) in [6, 6.07) is 7.27. The Morgan fingerprint density at radius 3 is 2.07 bits per heavy atom. The SMILES string of the molecule is CCN(CC(=O)Nc1ccc(NC(C)=O)cc1)CC(=O)N(C)C1CCCCC1. The van der Waals surface area contributed by atoms with E-state index in [-0.39, 0.29) is 30.8 Å². The summed E-state index contributed by atoms with van der Waals surface area (Å²) in [5.74, 6) is -0.235. The van der Waals surface area contributed by atoms with Crippen LogP contribution in [-0.2, 0) is 14.4 Å². The Labute approximate surface area is 167 Å². The lowest BCUT2D eigenvalue weighted by Gasteiger charge is -2.32. The summed E-state index contributed by atoms with van der Waals surface area (Å²) >= 11 is 0. The standard InChI is InChI=1S/C21H32N4O3/c1-4-25(15-21(28)24(3)19-8-6-5-7-9-19)14-20(27)23-18-12-10-17(11-13-18)22-16(2)26/h10-13,19H,4-9,14-15H2,1-3H3,(H,22,26)(H,23,27). The second-order valence-corrected chi connectivity index (χ2v) is 7.41. The first-order chi connectivity index (χ1) is 13.4. The molecule has 1 saturated carbocycles. The highest BCUT2D eigenvalue weighted by molar-refractivity contribution is 5.93. The van der Waals surface area contributed by atoms with Crippen LogP contribution in [0, 0.1) is 0 Å². The molecule has 2 N–H and O–H groups in total. The average Bonchev–Trinajstić information content (AvgIpc) is 2.68. The van der Waals surface area contributed by atoms with E-state index in [4.69, 9.17) is 0 Å². The maximum Gasteiger partial charge on any atom is 0.238 e. The minimum atomic E-state index is -0.165. The molecule has 0 heterocycles. The molecular formula is C21H32N4O3. The Morgan fingerprint density at radius 1 is 0.964 bits per heavy atom. The van der Waals surface area contributed by atoms with E-state index in [0.717, 1.165) is 12.8 Å². The number of carbonyl (C=O) groups is 3. The lowest BCUT2D eigenvalue weighted by molar-refractivity contribution is -0.134. The first kappa shape index (κ1) is 21.9. The van der Waals surface area contributed by atoms with Crippen molar-refractivity contribution in [3.63, 3.8) is 0 Å². The third-order valence-corrected chi connectivity index (χ3v) is 5.18. The molecular weight excluding hydrogens is 356 g/mol. The van der Waals surface area contributed by atoms with E-state index in [9.17, 15) is 14.4 Å². The molecule has 2 rings (SSSR count). The number of likely N-dealkylation sites (N-methyl/N-ethyl adjacent to an activating group) is 2. The van der Waals surface area contributed by atoms with Crippen molar-refractivity contribution in [1.82, 2.24) is 9.80 Å². The fourth-order valence-electron chi connectivity index (χ4n) is 3.50. The van der Waals surface area contributed by atoms with Gasteiger partial charge in [-0.15, -0.1) is 0 Å². The zero-order chi connectivity index (χ0) is 20.5. The molecule has 1 fully saturated rings. The summed E-state index contributed by atoms with van der Waals surface area (Å²) in [6.07, 6.45) is 5.77. The molecule has 7 heteroatoms. The Morgan fingerprint density at radius 2 is 1.54 bits per heavy atom. The Balaban J connectivity index is 1.83. The monoisotopic (exact) mass is 388 g/mol. The zero-order valence-corrected chi connectivity index (χ0v) is 17.2. The number of carbonyl (C=O) groups excluding carboxylic acids is 3. The van der Waals surface area contributed by atoms with Gasteiger partial charge in [0, 0.05) is 31.4 Å². The fraction of sp³-hybridized carbons (Fsp3) is 0.571. The van der Waals surface area contributed by atoms with E-state index in [0.29, 0.717) is 24.0 Å². The molecule has 1 aliphatic carbocycles. The van der Waals surface area contributed by atoms with Gasteiger partial charge in [-0.2, -0.15) is 0 Å². The number of amides is 3. The second-order valence-electron chi connectivity index (χ2n) is 7.41. The zero-order valence-electron chi connectivity index (χ0n) is 17.2. The number of hydrogen-bond donors (Lipinski definition) is 2. The van der Waals surface area contributed by atoms with Gasteiger partial charge in [0.05, 0.1) is 13.1 Å². The molecule has 1 aromatic rings. The summed E-state index contributed by atoms with van der Waals surface area (Å²) in [4.78, 5) is 39.7. The molecule has 1 aliphatic rings. The predicted octanol–water partition coefficient (Wildman–Crippen LogP) is 2.70. The predicted molar refractivity (Wildman–Crippen MR) is 111 cm³/mol. The lowest BCUT2D eigenvalue weighted by atomic mass is 9.94. The van der Waals surface area contributed by atoms with Gasteiger partial charge in [-0.25, -0.2) is 0 Å². The summed E-state index contributed by atoms with van der Waals surface area (Å²) in [6.45, 7) is 4.43. The van der Waals surface area contributed by atoms with Crippen molar-refractivity contribution in [2.24, 2.45) is 0 Å². The van der Waals surface area contributed by atoms with Crippen molar-refractivity contribution in [3.8, 4) is 0 Å². The quantitative estimate of drug-likeness (QED) is 0.717. The third-order valence-electron chi connectivity index (χ3n) is 5.18. The Hall–Kier alpha value is -2.41. The minimum absolute atomic E-state index is 0.0706. The van der Waals surface area contributed by atoms with Crippen molar-refractivity contribution >= 4 is 29.1 Å². The average molecular weight is 389 g/mol. The summed E-state index contributed by atoms with van der Waals surface area (Å²) < 4.78 is 0. The largest absolute Gasteiger partial charge is 0.342 e. The highest BCUT2D eigenvalue weighted by Gasteiger charge is 2.23. The maximum absolute atomic E-state index is 12.6. The molecule has 0 unspecified atom stereocenters. The van der Waals surface area contributed by atoms with Crippen LogP contribution in [0.3, 0.4) is 0 Å². The summed E-state index contributed by atoms with van der Waals surface area (Å²) in [7, 11) is 1.88. The molecule has 0 aromatic heterocycles. The van der Waals surface area contributed by atoms with Crippen molar-refractivity contribution in [1.29, 1.82) is 0 Å². The molecule has 1 aromatic carbocycles.